The molecule has 0 aliphatic heterocycles. The van der Waals surface area contributed by atoms with Crippen LogP contribution in [0.4, 0.5) is 0 Å². The van der Waals surface area contributed by atoms with Crippen molar-refractivity contribution in [3.05, 3.63) is 250 Å². The van der Waals surface area contributed by atoms with Crippen LogP contribution in [-0.4, -0.2) is 0 Å². The summed E-state index contributed by atoms with van der Waals surface area (Å²) in [7, 11) is 0. The summed E-state index contributed by atoms with van der Waals surface area (Å²) < 4.78 is 0. The molecule has 0 radical (unpaired) electrons. The first kappa shape index (κ1) is 36.3. The smallest absolute Gasteiger partial charge is 0.00612 e. The SMILES string of the molecule is CC(c1ccccc1)c1cc(C(C)c2ccccc2)cc(C(C)c2ccccc2)c1.CC(c1ccccc1)c1cccc(C(C)c2ccccc2)c1. The van der Waals surface area contributed by atoms with E-state index in [0.29, 0.717) is 29.6 Å². The molecule has 0 N–H and O–H groups in total. The third-order valence-corrected chi connectivity index (χ3v) is 10.9. The second-order valence-corrected chi connectivity index (χ2v) is 14.3. The average molecular weight is 677 g/mol. The maximum Gasteiger partial charge on any atom is 0.00612 e. The van der Waals surface area contributed by atoms with Gasteiger partial charge in [-0.1, -0.05) is 229 Å². The van der Waals surface area contributed by atoms with E-state index in [9.17, 15) is 0 Å². The van der Waals surface area contributed by atoms with Crippen LogP contribution in [0.1, 0.15) is 120 Å². The van der Waals surface area contributed by atoms with Crippen molar-refractivity contribution in [2.45, 2.75) is 64.2 Å². The molecule has 0 fully saturated rings. The van der Waals surface area contributed by atoms with E-state index < -0.39 is 0 Å². The average Bonchev–Trinajstić information content (AvgIpc) is 3.24. The van der Waals surface area contributed by atoms with Gasteiger partial charge in [-0.3, -0.25) is 0 Å². The molecule has 0 nitrogen and oxygen atoms in total. The summed E-state index contributed by atoms with van der Waals surface area (Å²) in [6.45, 7) is 11.5. The molecule has 5 unspecified atom stereocenters. The summed E-state index contributed by atoms with van der Waals surface area (Å²) in [6.07, 6.45) is 0. The Morgan fingerprint density at radius 3 is 0.596 bits per heavy atom. The van der Waals surface area contributed by atoms with E-state index in [-0.39, 0.29) is 0 Å². The van der Waals surface area contributed by atoms with E-state index in [2.05, 4.69) is 229 Å². The summed E-state index contributed by atoms with van der Waals surface area (Å²) in [5.74, 6) is 1.91. The summed E-state index contributed by atoms with van der Waals surface area (Å²) in [5, 5.41) is 0. The summed E-state index contributed by atoms with van der Waals surface area (Å²) in [5.41, 5.74) is 13.7. The molecule has 52 heavy (non-hydrogen) atoms. The zero-order valence-corrected chi connectivity index (χ0v) is 31.4. The van der Waals surface area contributed by atoms with E-state index in [0.717, 1.165) is 0 Å². The van der Waals surface area contributed by atoms with Gasteiger partial charge in [-0.05, 0) is 55.6 Å². The van der Waals surface area contributed by atoms with Crippen molar-refractivity contribution in [2.24, 2.45) is 0 Å². The third kappa shape index (κ3) is 9.06. The molecule has 7 rings (SSSR count). The van der Waals surface area contributed by atoms with Crippen LogP contribution in [0.3, 0.4) is 0 Å². The number of rotatable bonds is 10. The molecule has 7 aromatic rings. The predicted octanol–water partition coefficient (Wildman–Crippen LogP) is 14.1. The van der Waals surface area contributed by atoms with Crippen LogP contribution in [0.2, 0.25) is 0 Å². The molecule has 0 spiro atoms. The fraction of sp³-hybridized carbons (Fsp3) is 0.192. The fourth-order valence-electron chi connectivity index (χ4n) is 7.22. The van der Waals surface area contributed by atoms with Crippen LogP contribution >= 0.6 is 0 Å². The Morgan fingerprint density at radius 1 is 0.192 bits per heavy atom. The summed E-state index contributed by atoms with van der Waals surface area (Å²) >= 11 is 0. The lowest BCUT2D eigenvalue weighted by Gasteiger charge is -2.22. The van der Waals surface area contributed by atoms with Crippen molar-refractivity contribution >= 4 is 0 Å². The molecule has 0 saturated heterocycles. The minimum Gasteiger partial charge on any atom is -0.0622 e. The van der Waals surface area contributed by atoms with Crippen molar-refractivity contribution in [3.8, 4) is 0 Å². The van der Waals surface area contributed by atoms with Crippen LogP contribution < -0.4 is 0 Å². The van der Waals surface area contributed by atoms with Gasteiger partial charge < -0.3 is 0 Å². The van der Waals surface area contributed by atoms with Crippen molar-refractivity contribution in [2.75, 3.05) is 0 Å². The van der Waals surface area contributed by atoms with Crippen molar-refractivity contribution in [1.82, 2.24) is 0 Å². The maximum absolute atomic E-state index is 2.41. The highest BCUT2D eigenvalue weighted by Gasteiger charge is 2.18. The van der Waals surface area contributed by atoms with E-state index in [1.807, 2.05) is 0 Å². The van der Waals surface area contributed by atoms with Crippen LogP contribution in [0.5, 0.6) is 0 Å². The zero-order valence-electron chi connectivity index (χ0n) is 31.4. The fourth-order valence-corrected chi connectivity index (χ4v) is 7.22. The summed E-state index contributed by atoms with van der Waals surface area (Å²) in [4.78, 5) is 0. The van der Waals surface area contributed by atoms with E-state index in [1.165, 1.54) is 55.6 Å². The van der Waals surface area contributed by atoms with Gasteiger partial charge in [0.15, 0.2) is 0 Å². The van der Waals surface area contributed by atoms with Gasteiger partial charge >= 0.3 is 0 Å². The van der Waals surface area contributed by atoms with Gasteiger partial charge in [0.2, 0.25) is 0 Å². The minimum absolute atomic E-state index is 0.357. The first-order chi connectivity index (χ1) is 25.4. The molecule has 0 amide bonds. The largest absolute Gasteiger partial charge is 0.0622 e. The zero-order chi connectivity index (χ0) is 36.3. The molecule has 7 aromatic carbocycles. The Balaban J connectivity index is 0.000000187. The highest BCUT2D eigenvalue weighted by Crippen LogP contribution is 2.35. The van der Waals surface area contributed by atoms with Crippen molar-refractivity contribution < 1.29 is 0 Å². The molecule has 0 saturated carbocycles. The Hall–Kier alpha value is -5.46. The summed E-state index contributed by atoms with van der Waals surface area (Å²) in [6, 6.07) is 70.2. The molecule has 0 aliphatic rings. The number of benzene rings is 7. The van der Waals surface area contributed by atoms with Crippen molar-refractivity contribution in [1.29, 1.82) is 0 Å². The second kappa shape index (κ2) is 17.7. The van der Waals surface area contributed by atoms with Gasteiger partial charge in [-0.15, -0.1) is 0 Å². The molecular weight excluding hydrogens is 625 g/mol. The molecule has 0 bridgehead atoms. The van der Waals surface area contributed by atoms with Gasteiger partial charge in [0.25, 0.3) is 0 Å². The van der Waals surface area contributed by atoms with Crippen LogP contribution in [0.25, 0.3) is 0 Å². The van der Waals surface area contributed by atoms with Crippen LogP contribution in [-0.2, 0) is 0 Å². The number of hydrogen-bond acceptors (Lipinski definition) is 0. The lowest BCUT2D eigenvalue weighted by molar-refractivity contribution is 0.855. The second-order valence-electron chi connectivity index (χ2n) is 14.3. The van der Waals surface area contributed by atoms with Crippen LogP contribution in [0, 0.1) is 0 Å². The highest BCUT2D eigenvalue weighted by atomic mass is 14.2. The normalized spacial score (nSPS) is 13.9. The highest BCUT2D eigenvalue weighted by molar-refractivity contribution is 5.45. The molecule has 0 aromatic heterocycles. The molecule has 5 atom stereocenters. The molecule has 0 aliphatic carbocycles. The topological polar surface area (TPSA) is 0 Å². The van der Waals surface area contributed by atoms with Gasteiger partial charge in [0.05, 0.1) is 0 Å². The van der Waals surface area contributed by atoms with Crippen molar-refractivity contribution in [3.63, 3.8) is 0 Å². The first-order valence-electron chi connectivity index (χ1n) is 18.9. The molecule has 260 valence electrons. The molecular formula is C52H52. The van der Waals surface area contributed by atoms with E-state index >= 15 is 0 Å². The van der Waals surface area contributed by atoms with Gasteiger partial charge in [0, 0.05) is 29.6 Å². The Morgan fingerprint density at radius 2 is 0.365 bits per heavy atom. The Bertz CT molecular complexity index is 1870. The Kier molecular flexibility index (Phi) is 12.3. The number of hydrogen-bond donors (Lipinski definition) is 0. The minimum atomic E-state index is 0.357. The van der Waals surface area contributed by atoms with E-state index in [1.54, 1.807) is 0 Å². The molecule has 0 heteroatoms. The lowest BCUT2D eigenvalue weighted by atomic mass is 9.82. The third-order valence-electron chi connectivity index (χ3n) is 10.9. The Labute approximate surface area is 312 Å². The van der Waals surface area contributed by atoms with Crippen LogP contribution in [0.15, 0.2) is 194 Å². The van der Waals surface area contributed by atoms with Gasteiger partial charge in [-0.25, -0.2) is 0 Å². The maximum atomic E-state index is 2.41. The molecule has 0 heterocycles. The first-order valence-corrected chi connectivity index (χ1v) is 18.9. The van der Waals surface area contributed by atoms with Gasteiger partial charge in [0.1, 0.15) is 0 Å². The van der Waals surface area contributed by atoms with E-state index in [4.69, 9.17) is 0 Å². The van der Waals surface area contributed by atoms with Gasteiger partial charge in [-0.2, -0.15) is 0 Å². The standard InChI is InChI=1S/C30H30.C22H22/c1-22(25-13-7-4-8-14-25)28-19-29(23(2)26-15-9-5-10-16-26)21-30(20-28)24(3)27-17-11-6-12-18-27;1-17(19-10-5-3-6-11-19)21-14-9-15-22(16-21)18(2)20-12-7-4-8-13-20/h4-24H,1-3H3;3-18H,1-2H3. The quantitative estimate of drug-likeness (QED) is 0.135. The predicted molar refractivity (Wildman–Crippen MR) is 223 cm³/mol. The lowest BCUT2D eigenvalue weighted by Crippen LogP contribution is -2.05. The monoisotopic (exact) mass is 676 g/mol.